The summed E-state index contributed by atoms with van der Waals surface area (Å²) in [5, 5.41) is 16.9. The van der Waals surface area contributed by atoms with E-state index in [4.69, 9.17) is 10.2 Å². The number of rotatable bonds is 3. The minimum Gasteiger partial charge on any atom is -0.396 e. The van der Waals surface area contributed by atoms with Crippen LogP contribution in [0.2, 0.25) is 0 Å². The number of aliphatic hydroxyl groups excluding tert-OH is 2. The Kier molecular flexibility index (Phi) is 4.61. The summed E-state index contributed by atoms with van der Waals surface area (Å²) >= 11 is 0. The highest BCUT2D eigenvalue weighted by molar-refractivity contribution is 4.85. The average Bonchev–Trinajstić information content (AvgIpc) is 1.66. The third kappa shape index (κ3) is 5.66. The number of hydrogen-bond donors (Lipinski definition) is 2. The van der Waals surface area contributed by atoms with Crippen molar-refractivity contribution in [1.82, 2.24) is 0 Å². The highest BCUT2D eigenvalue weighted by Crippen LogP contribution is 1.84. The molecule has 0 rings (SSSR count). The molecule has 0 aliphatic carbocycles. The van der Waals surface area contributed by atoms with E-state index in [9.17, 15) is 0 Å². The van der Waals surface area contributed by atoms with Crippen LogP contribution >= 0.6 is 0 Å². The number of hydrogen-bond acceptors (Lipinski definition) is 2. The largest absolute Gasteiger partial charge is 0.396 e. The summed E-state index contributed by atoms with van der Waals surface area (Å²) in [7, 11) is 0. The van der Waals surface area contributed by atoms with Crippen LogP contribution in [0, 0.1) is 0 Å². The third-order valence-electron chi connectivity index (χ3n) is 0.710. The molecule has 0 amide bonds. The topological polar surface area (TPSA) is 40.5 Å². The lowest BCUT2D eigenvalue weighted by Crippen LogP contribution is -1.91. The average molecular weight is 116 g/mol. The molecule has 0 aromatic carbocycles. The molecule has 48 valence electrons. The first-order valence-electron chi connectivity index (χ1n) is 2.73. The zero-order chi connectivity index (χ0) is 6.41. The van der Waals surface area contributed by atoms with E-state index in [1.165, 1.54) is 0 Å². The molecule has 0 radical (unpaired) electrons. The predicted molar refractivity (Wildman–Crippen MR) is 32.5 cm³/mol. The van der Waals surface area contributed by atoms with Gasteiger partial charge in [-0.25, -0.2) is 0 Å². The van der Waals surface area contributed by atoms with E-state index in [1.54, 1.807) is 19.1 Å². The van der Waals surface area contributed by atoms with E-state index >= 15 is 0 Å². The van der Waals surface area contributed by atoms with Crippen molar-refractivity contribution in [1.29, 1.82) is 0 Å². The van der Waals surface area contributed by atoms with E-state index in [2.05, 4.69) is 0 Å². The maximum Gasteiger partial charge on any atom is 0.0692 e. The quantitative estimate of drug-likeness (QED) is 0.521. The molecule has 2 N–H and O–H groups in total. The van der Waals surface area contributed by atoms with Crippen LogP contribution in [0.4, 0.5) is 0 Å². The zero-order valence-corrected chi connectivity index (χ0v) is 5.04. The van der Waals surface area contributed by atoms with Gasteiger partial charge in [-0.15, -0.1) is 0 Å². The maximum atomic E-state index is 8.61. The van der Waals surface area contributed by atoms with Crippen molar-refractivity contribution < 1.29 is 10.2 Å². The van der Waals surface area contributed by atoms with Gasteiger partial charge in [-0.05, 0) is 13.3 Å². The van der Waals surface area contributed by atoms with Crippen molar-refractivity contribution in [3.8, 4) is 0 Å². The molecule has 0 heterocycles. The molecule has 0 fully saturated rings. The Balaban J connectivity index is 3.07. The Labute approximate surface area is 49.5 Å². The van der Waals surface area contributed by atoms with Crippen LogP contribution in [0.25, 0.3) is 0 Å². The van der Waals surface area contributed by atoms with Gasteiger partial charge in [-0.1, -0.05) is 12.2 Å². The molecule has 1 atom stereocenters. The van der Waals surface area contributed by atoms with E-state index in [0.717, 1.165) is 0 Å². The van der Waals surface area contributed by atoms with E-state index in [1.807, 2.05) is 0 Å². The van der Waals surface area contributed by atoms with Crippen molar-refractivity contribution in [3.63, 3.8) is 0 Å². The second-order valence-corrected chi connectivity index (χ2v) is 1.68. The van der Waals surface area contributed by atoms with Crippen LogP contribution in [0.1, 0.15) is 13.3 Å². The van der Waals surface area contributed by atoms with E-state index < -0.39 is 0 Å². The van der Waals surface area contributed by atoms with Crippen molar-refractivity contribution in [2.45, 2.75) is 19.4 Å². The van der Waals surface area contributed by atoms with Gasteiger partial charge in [0.15, 0.2) is 0 Å². The standard InChI is InChI=1S/C6H12O2/c1-6(8)4-2-3-5-7/h2,4,6-8H,3,5H2,1H3/b4-2-. The fraction of sp³-hybridized carbons (Fsp3) is 0.667. The second kappa shape index (κ2) is 4.81. The summed E-state index contributed by atoms with van der Waals surface area (Å²) in [6, 6.07) is 0. The molecular weight excluding hydrogens is 104 g/mol. The van der Waals surface area contributed by atoms with Crippen LogP contribution < -0.4 is 0 Å². The van der Waals surface area contributed by atoms with Gasteiger partial charge in [0.1, 0.15) is 0 Å². The van der Waals surface area contributed by atoms with Crippen molar-refractivity contribution in [2.75, 3.05) is 6.61 Å². The fourth-order valence-corrected chi connectivity index (χ4v) is 0.368. The van der Waals surface area contributed by atoms with Gasteiger partial charge in [0.2, 0.25) is 0 Å². The fourth-order valence-electron chi connectivity index (χ4n) is 0.368. The molecule has 0 saturated heterocycles. The number of aliphatic hydroxyl groups is 2. The van der Waals surface area contributed by atoms with Gasteiger partial charge in [0.05, 0.1) is 6.10 Å². The lowest BCUT2D eigenvalue weighted by molar-refractivity contribution is 0.243. The Morgan fingerprint density at radius 3 is 2.62 bits per heavy atom. The van der Waals surface area contributed by atoms with Crippen LogP contribution in [0.5, 0.6) is 0 Å². The van der Waals surface area contributed by atoms with Crippen LogP contribution in [-0.2, 0) is 0 Å². The van der Waals surface area contributed by atoms with Gasteiger partial charge in [-0.3, -0.25) is 0 Å². The van der Waals surface area contributed by atoms with Gasteiger partial charge in [-0.2, -0.15) is 0 Å². The van der Waals surface area contributed by atoms with E-state index in [0.29, 0.717) is 6.42 Å². The summed E-state index contributed by atoms with van der Waals surface area (Å²) in [4.78, 5) is 0. The molecule has 1 unspecified atom stereocenters. The first kappa shape index (κ1) is 7.66. The van der Waals surface area contributed by atoms with Gasteiger partial charge < -0.3 is 10.2 Å². The summed E-state index contributed by atoms with van der Waals surface area (Å²) in [5.74, 6) is 0. The molecular formula is C6H12O2. The summed E-state index contributed by atoms with van der Waals surface area (Å²) in [6.07, 6.45) is 3.65. The minimum atomic E-state index is -0.387. The second-order valence-electron chi connectivity index (χ2n) is 1.68. The van der Waals surface area contributed by atoms with Gasteiger partial charge in [0.25, 0.3) is 0 Å². The van der Waals surface area contributed by atoms with E-state index in [-0.39, 0.29) is 12.7 Å². The first-order valence-corrected chi connectivity index (χ1v) is 2.73. The van der Waals surface area contributed by atoms with Gasteiger partial charge in [0, 0.05) is 6.61 Å². The molecule has 8 heavy (non-hydrogen) atoms. The molecule has 0 aromatic heterocycles. The first-order chi connectivity index (χ1) is 3.77. The smallest absolute Gasteiger partial charge is 0.0692 e. The third-order valence-corrected chi connectivity index (χ3v) is 0.710. The highest BCUT2D eigenvalue weighted by Gasteiger charge is 1.81. The Hall–Kier alpha value is -0.340. The normalized spacial score (nSPS) is 14.9. The van der Waals surface area contributed by atoms with Crippen molar-refractivity contribution >= 4 is 0 Å². The molecule has 0 bridgehead atoms. The van der Waals surface area contributed by atoms with Crippen molar-refractivity contribution in [3.05, 3.63) is 12.2 Å². The molecule has 0 aliphatic heterocycles. The molecule has 0 spiro atoms. The molecule has 0 aliphatic rings. The maximum absolute atomic E-state index is 8.61. The Morgan fingerprint density at radius 2 is 2.25 bits per heavy atom. The molecule has 0 aromatic rings. The SMILES string of the molecule is CC(O)/C=C\CCO. The van der Waals surface area contributed by atoms with Gasteiger partial charge >= 0.3 is 0 Å². The van der Waals surface area contributed by atoms with Crippen LogP contribution in [0.3, 0.4) is 0 Å². The molecule has 2 nitrogen and oxygen atoms in total. The van der Waals surface area contributed by atoms with Crippen LogP contribution in [-0.4, -0.2) is 22.9 Å². The highest BCUT2D eigenvalue weighted by atomic mass is 16.3. The molecule has 2 heteroatoms. The monoisotopic (exact) mass is 116 g/mol. The lowest BCUT2D eigenvalue weighted by Gasteiger charge is -1.90. The van der Waals surface area contributed by atoms with Crippen LogP contribution in [0.15, 0.2) is 12.2 Å². The Bertz CT molecular complexity index is 66.9. The van der Waals surface area contributed by atoms with Crippen molar-refractivity contribution in [2.24, 2.45) is 0 Å². The summed E-state index contributed by atoms with van der Waals surface area (Å²) in [5.41, 5.74) is 0. The lowest BCUT2D eigenvalue weighted by atomic mass is 10.3. The molecule has 0 saturated carbocycles. The zero-order valence-electron chi connectivity index (χ0n) is 5.04. The predicted octanol–water partition coefficient (Wildman–Crippen LogP) is 0.306. The summed E-state index contributed by atoms with van der Waals surface area (Å²) in [6.45, 7) is 1.83. The Morgan fingerprint density at radius 1 is 1.62 bits per heavy atom. The summed E-state index contributed by atoms with van der Waals surface area (Å²) < 4.78 is 0. The minimum absolute atomic E-state index is 0.156.